The van der Waals surface area contributed by atoms with Gasteiger partial charge in [0.25, 0.3) is 0 Å². The van der Waals surface area contributed by atoms with Gasteiger partial charge in [-0.2, -0.15) is 13.2 Å². The molecule has 32 heavy (non-hydrogen) atoms. The van der Waals surface area contributed by atoms with Crippen LogP contribution < -0.4 is 4.90 Å². The van der Waals surface area contributed by atoms with Crippen molar-refractivity contribution in [2.45, 2.75) is 24.9 Å². The summed E-state index contributed by atoms with van der Waals surface area (Å²) in [6.45, 7) is 1.42. The van der Waals surface area contributed by atoms with Gasteiger partial charge >= 0.3 is 6.18 Å². The number of hydrogen-bond acceptors (Lipinski definition) is 3. The van der Waals surface area contributed by atoms with E-state index in [0.29, 0.717) is 35.8 Å². The fraction of sp³-hybridized carbons (Fsp3) is 0.250. The number of benzene rings is 2. The van der Waals surface area contributed by atoms with E-state index in [4.69, 9.17) is 0 Å². The maximum absolute atomic E-state index is 13.7. The molecule has 0 amide bonds. The Morgan fingerprint density at radius 1 is 0.969 bits per heavy atom. The molecule has 1 saturated heterocycles. The van der Waals surface area contributed by atoms with Crippen molar-refractivity contribution in [3.8, 4) is 11.3 Å². The smallest absolute Gasteiger partial charge is 0.342 e. The van der Waals surface area contributed by atoms with E-state index in [1.807, 2.05) is 18.2 Å². The van der Waals surface area contributed by atoms with Crippen molar-refractivity contribution in [1.82, 2.24) is 15.0 Å². The third-order valence-electron chi connectivity index (χ3n) is 5.99. The molecular weight excluding hydrogens is 420 g/mol. The molecule has 0 aliphatic carbocycles. The minimum atomic E-state index is -4.39. The van der Waals surface area contributed by atoms with Gasteiger partial charge in [0.2, 0.25) is 5.95 Å². The second-order valence-electron chi connectivity index (χ2n) is 8.00. The summed E-state index contributed by atoms with van der Waals surface area (Å²) in [7, 11) is 0. The quantitative estimate of drug-likeness (QED) is 0.388. The summed E-state index contributed by atoms with van der Waals surface area (Å²) in [6, 6.07) is 14.2. The lowest BCUT2D eigenvalue weighted by atomic mass is 9.85. The Morgan fingerprint density at radius 2 is 1.75 bits per heavy atom. The molecular formula is C24H20F4N4. The van der Waals surface area contributed by atoms with E-state index in [1.54, 1.807) is 0 Å². The lowest BCUT2D eigenvalue weighted by Crippen LogP contribution is -2.33. The van der Waals surface area contributed by atoms with Crippen LogP contribution in [0.2, 0.25) is 0 Å². The first-order valence-electron chi connectivity index (χ1n) is 10.4. The normalized spacial score (nSPS) is 15.4. The van der Waals surface area contributed by atoms with E-state index in [0.717, 1.165) is 36.1 Å². The number of aromatic nitrogens is 3. The van der Waals surface area contributed by atoms with Gasteiger partial charge < -0.3 is 9.88 Å². The van der Waals surface area contributed by atoms with Crippen molar-refractivity contribution >= 4 is 17.0 Å². The number of imidazole rings is 1. The molecule has 5 rings (SSSR count). The Bertz CT molecular complexity index is 1260. The van der Waals surface area contributed by atoms with E-state index >= 15 is 0 Å². The first-order chi connectivity index (χ1) is 15.4. The summed E-state index contributed by atoms with van der Waals surface area (Å²) in [5, 5.41) is 0. The van der Waals surface area contributed by atoms with Crippen molar-refractivity contribution in [3.05, 3.63) is 77.7 Å². The third kappa shape index (κ3) is 3.92. The van der Waals surface area contributed by atoms with Crippen LogP contribution in [0.15, 0.2) is 60.8 Å². The lowest BCUT2D eigenvalue weighted by molar-refractivity contribution is -0.137. The van der Waals surface area contributed by atoms with Crippen LogP contribution in [0.4, 0.5) is 23.5 Å². The Hall–Kier alpha value is -3.42. The number of anilines is 1. The zero-order valence-electron chi connectivity index (χ0n) is 17.0. The minimum absolute atomic E-state index is 0.272. The Morgan fingerprint density at radius 3 is 2.50 bits per heavy atom. The fourth-order valence-electron chi connectivity index (χ4n) is 4.36. The van der Waals surface area contributed by atoms with Crippen LogP contribution in [-0.2, 0) is 6.18 Å². The number of aromatic amines is 1. The maximum Gasteiger partial charge on any atom is 0.416 e. The van der Waals surface area contributed by atoms with Gasteiger partial charge in [0.1, 0.15) is 5.82 Å². The highest BCUT2D eigenvalue weighted by molar-refractivity contribution is 5.78. The van der Waals surface area contributed by atoms with Gasteiger partial charge in [-0.3, -0.25) is 4.98 Å². The van der Waals surface area contributed by atoms with Crippen LogP contribution in [0.3, 0.4) is 0 Å². The van der Waals surface area contributed by atoms with E-state index in [9.17, 15) is 17.6 Å². The van der Waals surface area contributed by atoms with Gasteiger partial charge in [-0.05, 0) is 48.6 Å². The molecule has 2 aromatic heterocycles. The highest BCUT2D eigenvalue weighted by Gasteiger charge is 2.31. The summed E-state index contributed by atoms with van der Waals surface area (Å²) < 4.78 is 52.7. The van der Waals surface area contributed by atoms with Crippen molar-refractivity contribution in [2.24, 2.45) is 0 Å². The van der Waals surface area contributed by atoms with Crippen molar-refractivity contribution in [2.75, 3.05) is 18.0 Å². The van der Waals surface area contributed by atoms with Crippen molar-refractivity contribution in [3.63, 3.8) is 0 Å². The number of piperidine rings is 1. The standard InChI is InChI=1S/C24H20F4N4/c25-17-7-10-29-21(14-17)19-4-2-1-3-18(19)15-8-11-32(12-9-15)23-30-20-6-5-16(24(26,27)28)13-22(20)31-23/h1-7,10,13-15H,8-9,11-12H2,(H,30,31). The second kappa shape index (κ2) is 7.93. The Labute approximate surface area is 181 Å². The zero-order chi connectivity index (χ0) is 22.3. The van der Waals surface area contributed by atoms with E-state index < -0.39 is 11.7 Å². The summed E-state index contributed by atoms with van der Waals surface area (Å²) in [6.07, 6.45) is -1.23. The number of nitrogens with one attached hydrogen (secondary N) is 1. The van der Waals surface area contributed by atoms with Gasteiger partial charge in [0.05, 0.1) is 22.3 Å². The molecule has 1 aliphatic heterocycles. The van der Waals surface area contributed by atoms with Crippen LogP contribution in [0, 0.1) is 5.82 Å². The first-order valence-corrected chi connectivity index (χ1v) is 10.4. The second-order valence-corrected chi connectivity index (χ2v) is 8.00. The van der Waals surface area contributed by atoms with Crippen molar-refractivity contribution < 1.29 is 17.6 Å². The third-order valence-corrected chi connectivity index (χ3v) is 5.99. The van der Waals surface area contributed by atoms with E-state index in [-0.39, 0.29) is 11.7 Å². The molecule has 8 heteroatoms. The Balaban J connectivity index is 1.35. The van der Waals surface area contributed by atoms with Gasteiger partial charge in [-0.15, -0.1) is 0 Å². The molecule has 1 aliphatic rings. The lowest BCUT2D eigenvalue weighted by Gasteiger charge is -2.32. The maximum atomic E-state index is 13.7. The molecule has 1 N–H and O–H groups in total. The molecule has 0 spiro atoms. The van der Waals surface area contributed by atoms with Crippen LogP contribution in [-0.4, -0.2) is 28.0 Å². The topological polar surface area (TPSA) is 44.8 Å². The molecule has 0 unspecified atom stereocenters. The number of fused-ring (bicyclic) bond motifs is 1. The van der Waals surface area contributed by atoms with Crippen LogP contribution >= 0.6 is 0 Å². The van der Waals surface area contributed by atoms with Gasteiger partial charge in [0.15, 0.2) is 0 Å². The van der Waals surface area contributed by atoms with Crippen LogP contribution in [0.5, 0.6) is 0 Å². The molecule has 3 heterocycles. The molecule has 1 fully saturated rings. The summed E-state index contributed by atoms with van der Waals surface area (Å²) >= 11 is 0. The Kier molecular flexibility index (Phi) is 5.07. The summed E-state index contributed by atoms with van der Waals surface area (Å²) in [5.41, 5.74) is 2.86. The van der Waals surface area contributed by atoms with Crippen molar-refractivity contribution in [1.29, 1.82) is 0 Å². The number of nitrogens with zero attached hydrogens (tertiary/aromatic N) is 3. The minimum Gasteiger partial charge on any atom is -0.342 e. The largest absolute Gasteiger partial charge is 0.416 e. The highest BCUT2D eigenvalue weighted by Crippen LogP contribution is 2.36. The van der Waals surface area contributed by atoms with Gasteiger partial charge in [-0.25, -0.2) is 9.37 Å². The number of pyridine rings is 1. The van der Waals surface area contributed by atoms with Crippen LogP contribution in [0.1, 0.15) is 29.9 Å². The van der Waals surface area contributed by atoms with E-state index in [2.05, 4.69) is 25.9 Å². The average molecular weight is 440 g/mol. The predicted molar refractivity (Wildman–Crippen MR) is 115 cm³/mol. The van der Waals surface area contributed by atoms with Gasteiger partial charge in [0, 0.05) is 30.9 Å². The summed E-state index contributed by atoms with van der Waals surface area (Å²) in [4.78, 5) is 13.9. The number of H-pyrrole nitrogens is 1. The summed E-state index contributed by atoms with van der Waals surface area (Å²) in [5.74, 6) is 0.532. The SMILES string of the molecule is Fc1ccnc(-c2ccccc2C2CCN(c3nc4ccc(C(F)(F)F)cc4[nH]3)CC2)c1. The number of hydrogen-bond donors (Lipinski definition) is 1. The number of rotatable bonds is 3. The molecule has 4 nitrogen and oxygen atoms in total. The molecule has 0 radical (unpaired) electrons. The average Bonchev–Trinajstić information content (AvgIpc) is 3.22. The zero-order valence-corrected chi connectivity index (χ0v) is 17.0. The predicted octanol–water partition coefficient (Wildman–Crippen LogP) is 6.17. The molecule has 2 aromatic carbocycles. The number of alkyl halides is 3. The monoisotopic (exact) mass is 440 g/mol. The molecule has 4 aromatic rings. The highest BCUT2D eigenvalue weighted by atomic mass is 19.4. The molecule has 0 atom stereocenters. The molecule has 164 valence electrons. The van der Waals surface area contributed by atoms with Crippen LogP contribution in [0.25, 0.3) is 22.3 Å². The van der Waals surface area contributed by atoms with Gasteiger partial charge in [-0.1, -0.05) is 24.3 Å². The molecule has 0 saturated carbocycles. The fourth-order valence-corrected chi connectivity index (χ4v) is 4.36. The van der Waals surface area contributed by atoms with E-state index in [1.165, 1.54) is 24.4 Å². The first kappa shape index (κ1) is 20.5. The molecule has 0 bridgehead atoms. The number of halogens is 4.